The van der Waals surface area contributed by atoms with E-state index in [0.29, 0.717) is 19.4 Å². The highest BCUT2D eigenvalue weighted by Crippen LogP contribution is 2.10. The molecule has 0 aliphatic carbocycles. The Balaban J connectivity index is 1.84. The van der Waals surface area contributed by atoms with Crippen LogP contribution in [0.2, 0.25) is 0 Å². The number of hydrogen-bond acceptors (Lipinski definition) is 3. The van der Waals surface area contributed by atoms with E-state index in [1.807, 2.05) is 0 Å². The van der Waals surface area contributed by atoms with Crippen LogP contribution < -0.4 is 10.6 Å². The summed E-state index contributed by atoms with van der Waals surface area (Å²) in [6.07, 6.45) is 0.970. The molecular formula is C12H14N2O3. The molecule has 0 bridgehead atoms. The van der Waals surface area contributed by atoms with E-state index in [9.17, 15) is 9.59 Å². The number of aromatic hydroxyl groups is 1. The van der Waals surface area contributed by atoms with Crippen molar-refractivity contribution in [3.8, 4) is 5.75 Å². The molecule has 5 nitrogen and oxygen atoms in total. The maximum atomic E-state index is 11.7. The highest BCUT2D eigenvalue weighted by atomic mass is 16.3. The highest BCUT2D eigenvalue weighted by Gasteiger charge is 2.26. The van der Waals surface area contributed by atoms with Gasteiger partial charge in [0.05, 0.1) is 0 Å². The van der Waals surface area contributed by atoms with Crippen molar-refractivity contribution in [3.63, 3.8) is 0 Å². The Labute approximate surface area is 98.8 Å². The van der Waals surface area contributed by atoms with Crippen LogP contribution in [0.5, 0.6) is 5.75 Å². The topological polar surface area (TPSA) is 78.4 Å². The molecule has 2 rings (SSSR count). The number of benzene rings is 1. The zero-order chi connectivity index (χ0) is 12.3. The molecule has 0 aromatic heterocycles. The molecule has 5 heteroatoms. The molecule has 0 spiro atoms. The number of nitrogens with one attached hydrogen (secondary N) is 2. The van der Waals surface area contributed by atoms with Crippen molar-refractivity contribution in [1.82, 2.24) is 10.6 Å². The van der Waals surface area contributed by atoms with Gasteiger partial charge in [-0.2, -0.15) is 0 Å². The Hall–Kier alpha value is -2.04. The van der Waals surface area contributed by atoms with Gasteiger partial charge in [-0.25, -0.2) is 0 Å². The van der Waals surface area contributed by atoms with Crippen LogP contribution in [-0.4, -0.2) is 23.0 Å². The molecule has 0 unspecified atom stereocenters. The lowest BCUT2D eigenvalue weighted by atomic mass is 10.2. The van der Waals surface area contributed by atoms with E-state index in [0.717, 1.165) is 5.56 Å². The molecule has 0 saturated carbocycles. The van der Waals surface area contributed by atoms with Gasteiger partial charge < -0.3 is 15.7 Å². The molecule has 1 aliphatic heterocycles. The maximum Gasteiger partial charge on any atom is 0.242 e. The number of rotatable bonds is 3. The van der Waals surface area contributed by atoms with Crippen molar-refractivity contribution in [2.45, 2.75) is 25.4 Å². The van der Waals surface area contributed by atoms with E-state index in [-0.39, 0.29) is 17.6 Å². The van der Waals surface area contributed by atoms with Crippen molar-refractivity contribution in [1.29, 1.82) is 0 Å². The number of phenols is 1. The van der Waals surface area contributed by atoms with Gasteiger partial charge in [-0.1, -0.05) is 12.1 Å². The summed E-state index contributed by atoms with van der Waals surface area (Å²) in [5, 5.41) is 14.5. The molecule has 3 N–H and O–H groups in total. The van der Waals surface area contributed by atoms with E-state index < -0.39 is 6.04 Å². The number of phenolic OH excluding ortho intramolecular Hbond substituents is 1. The first-order valence-electron chi connectivity index (χ1n) is 5.50. The fourth-order valence-corrected chi connectivity index (χ4v) is 1.74. The normalized spacial score (nSPS) is 18.8. The third kappa shape index (κ3) is 2.96. The molecule has 1 saturated heterocycles. The zero-order valence-electron chi connectivity index (χ0n) is 9.27. The number of carbonyl (C=O) groups excluding carboxylic acids is 2. The van der Waals surface area contributed by atoms with Crippen molar-refractivity contribution >= 4 is 11.8 Å². The Morgan fingerprint density at radius 2 is 2.12 bits per heavy atom. The molecule has 2 amide bonds. The van der Waals surface area contributed by atoms with Gasteiger partial charge in [0, 0.05) is 13.0 Å². The second-order valence-corrected chi connectivity index (χ2v) is 4.04. The lowest BCUT2D eigenvalue weighted by Gasteiger charge is -2.10. The molecular weight excluding hydrogens is 220 g/mol. The first kappa shape index (κ1) is 11.4. The quantitative estimate of drug-likeness (QED) is 0.703. The number of amides is 2. The predicted octanol–water partition coefficient (Wildman–Crippen LogP) is 0.287. The van der Waals surface area contributed by atoms with E-state index in [2.05, 4.69) is 10.6 Å². The molecule has 17 heavy (non-hydrogen) atoms. The smallest absolute Gasteiger partial charge is 0.242 e. The van der Waals surface area contributed by atoms with Gasteiger partial charge >= 0.3 is 0 Å². The van der Waals surface area contributed by atoms with Crippen LogP contribution in [0.1, 0.15) is 18.4 Å². The summed E-state index contributed by atoms with van der Waals surface area (Å²) >= 11 is 0. The zero-order valence-corrected chi connectivity index (χ0v) is 9.27. The van der Waals surface area contributed by atoms with Gasteiger partial charge in [0.2, 0.25) is 11.8 Å². The number of carbonyl (C=O) groups is 2. The first-order chi connectivity index (χ1) is 8.15. The average molecular weight is 234 g/mol. The van der Waals surface area contributed by atoms with Crippen LogP contribution in [0.15, 0.2) is 24.3 Å². The van der Waals surface area contributed by atoms with Crippen LogP contribution in [0.4, 0.5) is 0 Å². The van der Waals surface area contributed by atoms with Crippen molar-refractivity contribution in [3.05, 3.63) is 29.8 Å². The van der Waals surface area contributed by atoms with Crippen molar-refractivity contribution in [2.75, 3.05) is 0 Å². The minimum absolute atomic E-state index is 0.0743. The van der Waals surface area contributed by atoms with E-state index in [1.54, 1.807) is 24.3 Å². The summed E-state index contributed by atoms with van der Waals surface area (Å²) in [6, 6.07) is 6.21. The van der Waals surface area contributed by atoms with E-state index in [1.165, 1.54) is 0 Å². The highest BCUT2D eigenvalue weighted by molar-refractivity contribution is 5.90. The maximum absolute atomic E-state index is 11.7. The van der Waals surface area contributed by atoms with Gasteiger partial charge in [-0.05, 0) is 24.1 Å². The Morgan fingerprint density at radius 1 is 1.41 bits per heavy atom. The Bertz CT molecular complexity index is 428. The first-order valence-corrected chi connectivity index (χ1v) is 5.50. The third-order valence-corrected chi connectivity index (χ3v) is 2.71. The summed E-state index contributed by atoms with van der Waals surface area (Å²) in [5.74, 6) is -0.0400. The van der Waals surface area contributed by atoms with Crippen LogP contribution in [0.3, 0.4) is 0 Å². The molecule has 90 valence electrons. The number of hydrogen-bond donors (Lipinski definition) is 3. The van der Waals surface area contributed by atoms with Crippen molar-refractivity contribution < 1.29 is 14.7 Å². The molecule has 1 heterocycles. The predicted molar refractivity (Wildman–Crippen MR) is 61.1 cm³/mol. The fraction of sp³-hybridized carbons (Fsp3) is 0.333. The lowest BCUT2D eigenvalue weighted by Crippen LogP contribution is -2.41. The van der Waals surface area contributed by atoms with Crippen LogP contribution in [0, 0.1) is 0 Å². The fourth-order valence-electron chi connectivity index (χ4n) is 1.74. The van der Waals surface area contributed by atoms with Crippen molar-refractivity contribution in [2.24, 2.45) is 0 Å². The molecule has 1 atom stereocenters. The summed E-state index contributed by atoms with van der Waals surface area (Å²) in [4.78, 5) is 22.6. The summed E-state index contributed by atoms with van der Waals surface area (Å²) < 4.78 is 0. The lowest BCUT2D eigenvalue weighted by molar-refractivity contribution is -0.125. The molecule has 1 fully saturated rings. The second-order valence-electron chi connectivity index (χ2n) is 4.04. The SMILES string of the molecule is O=C1CC[C@H](C(=O)NCc2ccc(O)cc2)N1. The van der Waals surface area contributed by atoms with E-state index >= 15 is 0 Å². The van der Waals surface area contributed by atoms with Gasteiger partial charge in [-0.15, -0.1) is 0 Å². The van der Waals surface area contributed by atoms with Gasteiger partial charge in [0.15, 0.2) is 0 Å². The average Bonchev–Trinajstić information content (AvgIpc) is 2.75. The van der Waals surface area contributed by atoms with Crippen LogP contribution in [-0.2, 0) is 16.1 Å². The monoisotopic (exact) mass is 234 g/mol. The van der Waals surface area contributed by atoms with Gasteiger partial charge in [-0.3, -0.25) is 9.59 Å². The van der Waals surface area contributed by atoms with Gasteiger partial charge in [0.1, 0.15) is 11.8 Å². The van der Waals surface area contributed by atoms with Crippen LogP contribution in [0.25, 0.3) is 0 Å². The Morgan fingerprint density at radius 3 is 2.71 bits per heavy atom. The van der Waals surface area contributed by atoms with Gasteiger partial charge in [0.25, 0.3) is 0 Å². The molecule has 0 radical (unpaired) electrons. The Kier molecular flexibility index (Phi) is 3.27. The largest absolute Gasteiger partial charge is 0.508 e. The summed E-state index contributed by atoms with van der Waals surface area (Å²) in [7, 11) is 0. The minimum Gasteiger partial charge on any atom is -0.508 e. The molecule has 1 aromatic carbocycles. The van der Waals surface area contributed by atoms with Crippen LogP contribution >= 0.6 is 0 Å². The summed E-state index contributed by atoms with van der Waals surface area (Å²) in [6.45, 7) is 0.394. The summed E-state index contributed by atoms with van der Waals surface area (Å²) in [5.41, 5.74) is 0.903. The van der Waals surface area contributed by atoms with E-state index in [4.69, 9.17) is 5.11 Å². The molecule has 1 aliphatic rings. The third-order valence-electron chi connectivity index (χ3n) is 2.71. The second kappa shape index (κ2) is 4.86. The molecule has 1 aromatic rings. The minimum atomic E-state index is -0.403. The standard InChI is InChI=1S/C12H14N2O3/c15-9-3-1-8(2-4-9)7-13-12(17)10-5-6-11(16)14-10/h1-4,10,15H,5-7H2,(H,13,17)(H,14,16)/t10-/m1/s1.